The number of nitrogens with one attached hydrogen (secondary N) is 1. The Morgan fingerprint density at radius 3 is 2.30 bits per heavy atom. The molecular formula is C16H20ClN3. The third kappa shape index (κ3) is 3.28. The van der Waals surface area contributed by atoms with Gasteiger partial charge in [0.1, 0.15) is 17.3 Å². The summed E-state index contributed by atoms with van der Waals surface area (Å²) in [7, 11) is 0. The van der Waals surface area contributed by atoms with Gasteiger partial charge < -0.3 is 5.32 Å². The van der Waals surface area contributed by atoms with Crippen LogP contribution < -0.4 is 5.32 Å². The van der Waals surface area contributed by atoms with E-state index in [0.29, 0.717) is 5.15 Å². The highest BCUT2D eigenvalue weighted by Crippen LogP contribution is 2.26. The van der Waals surface area contributed by atoms with Crippen molar-refractivity contribution in [2.75, 3.05) is 5.32 Å². The Hall–Kier alpha value is -1.61. The lowest BCUT2D eigenvalue weighted by Crippen LogP contribution is -2.10. The summed E-state index contributed by atoms with van der Waals surface area (Å²) < 4.78 is 0. The second-order valence-corrected chi connectivity index (χ2v) is 6.16. The predicted molar refractivity (Wildman–Crippen MR) is 84.8 cm³/mol. The Kier molecular flexibility index (Phi) is 4.29. The van der Waals surface area contributed by atoms with Gasteiger partial charge in [0.25, 0.3) is 0 Å². The summed E-state index contributed by atoms with van der Waals surface area (Å²) in [6.45, 7) is 8.65. The second-order valence-electron chi connectivity index (χ2n) is 5.80. The molecule has 0 bridgehead atoms. The highest BCUT2D eigenvalue weighted by atomic mass is 35.5. The molecule has 0 aliphatic carbocycles. The molecular weight excluding hydrogens is 270 g/mol. The molecule has 1 heterocycles. The Morgan fingerprint density at radius 2 is 1.75 bits per heavy atom. The third-order valence-electron chi connectivity index (χ3n) is 3.26. The number of aromatic nitrogens is 2. The van der Waals surface area contributed by atoms with Gasteiger partial charge in [0.2, 0.25) is 0 Å². The van der Waals surface area contributed by atoms with E-state index in [1.807, 2.05) is 6.92 Å². The van der Waals surface area contributed by atoms with E-state index in [2.05, 4.69) is 60.3 Å². The molecule has 0 unspecified atom stereocenters. The lowest BCUT2D eigenvalue weighted by molar-refractivity contribution is 0.590. The number of halogens is 1. The van der Waals surface area contributed by atoms with Crippen LogP contribution in [-0.2, 0) is 11.8 Å². The number of nitrogens with zero attached hydrogens (tertiary/aromatic N) is 2. The maximum atomic E-state index is 6.09. The van der Waals surface area contributed by atoms with Crippen LogP contribution in [0.3, 0.4) is 0 Å². The van der Waals surface area contributed by atoms with Gasteiger partial charge in [-0.25, -0.2) is 9.97 Å². The largest absolute Gasteiger partial charge is 0.340 e. The SMILES string of the molecule is CCc1c(Cl)ncnc1Nc1ccc(C(C)(C)C)cc1. The topological polar surface area (TPSA) is 37.8 Å². The van der Waals surface area contributed by atoms with Gasteiger partial charge in [-0.05, 0) is 29.5 Å². The molecule has 0 aliphatic rings. The molecule has 20 heavy (non-hydrogen) atoms. The first-order chi connectivity index (χ1) is 9.41. The van der Waals surface area contributed by atoms with E-state index in [1.165, 1.54) is 11.9 Å². The van der Waals surface area contributed by atoms with Crippen LogP contribution in [0.15, 0.2) is 30.6 Å². The van der Waals surface area contributed by atoms with Crippen LogP contribution in [0.4, 0.5) is 11.5 Å². The van der Waals surface area contributed by atoms with Gasteiger partial charge in [-0.15, -0.1) is 0 Å². The van der Waals surface area contributed by atoms with Crippen LogP contribution in [0.1, 0.15) is 38.8 Å². The third-order valence-corrected chi connectivity index (χ3v) is 3.59. The van der Waals surface area contributed by atoms with Crippen LogP contribution in [0, 0.1) is 0 Å². The summed E-state index contributed by atoms with van der Waals surface area (Å²) in [6.07, 6.45) is 2.27. The van der Waals surface area contributed by atoms with Gasteiger partial charge in [-0.3, -0.25) is 0 Å². The lowest BCUT2D eigenvalue weighted by atomic mass is 9.87. The molecule has 106 valence electrons. The first-order valence-electron chi connectivity index (χ1n) is 6.78. The fraction of sp³-hybridized carbons (Fsp3) is 0.375. The Bertz CT molecular complexity index is 586. The van der Waals surface area contributed by atoms with E-state index < -0.39 is 0 Å². The maximum absolute atomic E-state index is 6.09. The zero-order chi connectivity index (χ0) is 14.8. The summed E-state index contributed by atoms with van der Waals surface area (Å²) in [6, 6.07) is 8.40. The highest BCUT2D eigenvalue weighted by molar-refractivity contribution is 6.30. The number of hydrogen-bond acceptors (Lipinski definition) is 3. The molecule has 1 N–H and O–H groups in total. The first-order valence-corrected chi connectivity index (χ1v) is 7.16. The second kappa shape index (κ2) is 5.80. The minimum Gasteiger partial charge on any atom is -0.340 e. The normalized spacial score (nSPS) is 11.4. The van der Waals surface area contributed by atoms with Gasteiger partial charge >= 0.3 is 0 Å². The van der Waals surface area contributed by atoms with Crippen LogP contribution in [0.5, 0.6) is 0 Å². The molecule has 0 spiro atoms. The smallest absolute Gasteiger partial charge is 0.138 e. The minimum atomic E-state index is 0.158. The summed E-state index contributed by atoms with van der Waals surface area (Å²) in [4.78, 5) is 8.28. The van der Waals surface area contributed by atoms with Crippen molar-refractivity contribution < 1.29 is 0 Å². The maximum Gasteiger partial charge on any atom is 0.138 e. The van der Waals surface area contributed by atoms with Crippen LogP contribution >= 0.6 is 11.6 Å². The Morgan fingerprint density at radius 1 is 1.10 bits per heavy atom. The standard InChI is InChI=1S/C16H20ClN3/c1-5-13-14(17)18-10-19-15(13)20-12-8-6-11(7-9-12)16(2,3)4/h6-10H,5H2,1-4H3,(H,18,19,20). The van der Waals surface area contributed by atoms with Crippen molar-refractivity contribution in [2.45, 2.75) is 39.5 Å². The fourth-order valence-electron chi connectivity index (χ4n) is 2.00. The molecule has 0 saturated carbocycles. The Labute approximate surface area is 125 Å². The molecule has 1 aromatic heterocycles. The molecule has 0 amide bonds. The van der Waals surface area contributed by atoms with Gasteiger partial charge in [-0.2, -0.15) is 0 Å². The average Bonchev–Trinajstić information content (AvgIpc) is 2.38. The van der Waals surface area contributed by atoms with Gasteiger partial charge in [0.05, 0.1) is 0 Å². The van der Waals surface area contributed by atoms with Crippen molar-refractivity contribution in [3.05, 3.63) is 46.9 Å². The van der Waals surface area contributed by atoms with Gasteiger partial charge in [-0.1, -0.05) is 51.4 Å². The molecule has 4 heteroatoms. The molecule has 2 aromatic rings. The van der Waals surface area contributed by atoms with Crippen molar-refractivity contribution in [3.63, 3.8) is 0 Å². The monoisotopic (exact) mass is 289 g/mol. The number of benzene rings is 1. The van der Waals surface area contributed by atoms with E-state index in [1.54, 1.807) is 0 Å². The summed E-state index contributed by atoms with van der Waals surface area (Å²) in [5, 5.41) is 3.82. The van der Waals surface area contributed by atoms with E-state index in [0.717, 1.165) is 23.5 Å². The van der Waals surface area contributed by atoms with E-state index >= 15 is 0 Å². The first kappa shape index (κ1) is 14.8. The molecule has 2 rings (SSSR count). The fourth-order valence-corrected chi connectivity index (χ4v) is 2.27. The molecule has 0 aliphatic heterocycles. The molecule has 3 nitrogen and oxygen atoms in total. The summed E-state index contributed by atoms with van der Waals surface area (Å²) >= 11 is 6.09. The van der Waals surface area contributed by atoms with Gasteiger partial charge in [0.15, 0.2) is 0 Å². The van der Waals surface area contributed by atoms with Gasteiger partial charge in [0, 0.05) is 11.3 Å². The van der Waals surface area contributed by atoms with E-state index in [-0.39, 0.29) is 5.41 Å². The molecule has 0 saturated heterocycles. The molecule has 0 atom stereocenters. The van der Waals surface area contributed by atoms with Crippen molar-refractivity contribution >= 4 is 23.1 Å². The van der Waals surface area contributed by atoms with Crippen molar-refractivity contribution in [2.24, 2.45) is 0 Å². The van der Waals surface area contributed by atoms with E-state index in [9.17, 15) is 0 Å². The summed E-state index contributed by atoms with van der Waals surface area (Å²) in [5.74, 6) is 0.774. The van der Waals surface area contributed by atoms with Crippen molar-refractivity contribution in [1.82, 2.24) is 9.97 Å². The van der Waals surface area contributed by atoms with Crippen molar-refractivity contribution in [1.29, 1.82) is 0 Å². The quantitative estimate of drug-likeness (QED) is 0.830. The minimum absolute atomic E-state index is 0.158. The summed E-state index contributed by atoms with van der Waals surface area (Å²) in [5.41, 5.74) is 3.40. The zero-order valence-corrected chi connectivity index (χ0v) is 13.1. The number of anilines is 2. The van der Waals surface area contributed by atoms with Crippen LogP contribution in [0.25, 0.3) is 0 Å². The van der Waals surface area contributed by atoms with Crippen molar-refractivity contribution in [3.8, 4) is 0 Å². The number of rotatable bonds is 3. The Balaban J connectivity index is 2.25. The molecule has 1 aromatic carbocycles. The zero-order valence-electron chi connectivity index (χ0n) is 12.4. The van der Waals surface area contributed by atoms with Crippen LogP contribution in [0.2, 0.25) is 5.15 Å². The predicted octanol–water partition coefficient (Wildman–Crippen LogP) is 4.73. The molecule has 0 fully saturated rings. The molecule has 0 radical (unpaired) electrons. The van der Waals surface area contributed by atoms with Crippen LogP contribution in [-0.4, -0.2) is 9.97 Å². The van der Waals surface area contributed by atoms with E-state index in [4.69, 9.17) is 11.6 Å². The average molecular weight is 290 g/mol. The lowest BCUT2D eigenvalue weighted by Gasteiger charge is -2.19. The number of hydrogen-bond donors (Lipinski definition) is 1. The highest BCUT2D eigenvalue weighted by Gasteiger charge is 2.13.